The van der Waals surface area contributed by atoms with Crippen LogP contribution in [0, 0.1) is 25.7 Å². The molecule has 0 amide bonds. The van der Waals surface area contributed by atoms with Crippen molar-refractivity contribution < 1.29 is 0 Å². The van der Waals surface area contributed by atoms with E-state index in [1.54, 1.807) is 0 Å². The normalized spacial score (nSPS) is 18.3. The van der Waals surface area contributed by atoms with Crippen LogP contribution in [0.15, 0.2) is 97.8 Å². The minimum absolute atomic E-state index is 0. The number of benzene rings is 2. The number of nitrogens with zero attached hydrogens (tertiary/aromatic N) is 7. The van der Waals surface area contributed by atoms with E-state index < -0.39 is 0 Å². The highest BCUT2D eigenvalue weighted by Crippen LogP contribution is 2.47. The lowest BCUT2D eigenvalue weighted by atomic mass is 9.76. The van der Waals surface area contributed by atoms with Gasteiger partial charge in [-0.05, 0) is 191 Å². The Bertz CT molecular complexity index is 2540. The SMILES string of the molecule is C.C.C.Cc1nccn1CCC1=Cc2cccnc2C(C2CCN(C)CC2)c2ccc(Cl)cc21.Cc1nccn1CCC1=Cc2cccnc2C(C2CCNCC2)c2ccc(Cl)cc21. The van der Waals surface area contributed by atoms with Crippen molar-refractivity contribution in [2.24, 2.45) is 11.8 Å². The Hall–Kier alpha value is -4.86. The molecule has 8 nitrogen and oxygen atoms in total. The first-order valence-electron chi connectivity index (χ1n) is 22.1. The van der Waals surface area contributed by atoms with E-state index in [1.807, 2.05) is 36.9 Å². The van der Waals surface area contributed by atoms with Gasteiger partial charge in [0.1, 0.15) is 11.6 Å². The number of imidazole rings is 2. The summed E-state index contributed by atoms with van der Waals surface area (Å²) in [6.45, 7) is 10.4. The molecule has 2 aliphatic carbocycles. The first-order chi connectivity index (χ1) is 29.8. The van der Waals surface area contributed by atoms with Crippen LogP contribution < -0.4 is 5.32 Å². The van der Waals surface area contributed by atoms with Crippen LogP contribution in [0.3, 0.4) is 0 Å². The Balaban J connectivity index is 0.000000203. The van der Waals surface area contributed by atoms with Crippen LogP contribution in [0.4, 0.5) is 0 Å². The molecule has 1 N–H and O–H groups in total. The molecule has 64 heavy (non-hydrogen) atoms. The molecule has 6 aromatic rings. The van der Waals surface area contributed by atoms with Crippen molar-refractivity contribution in [2.45, 2.75) is 99.6 Å². The molecule has 0 saturated carbocycles. The van der Waals surface area contributed by atoms with Gasteiger partial charge in [0.05, 0.1) is 11.4 Å². The highest BCUT2D eigenvalue weighted by Gasteiger charge is 2.35. The van der Waals surface area contributed by atoms with Gasteiger partial charge in [0.25, 0.3) is 0 Å². The fraction of sp³-hybridized carbons (Fsp3) is 0.407. The molecule has 0 spiro atoms. The average molecular weight is 900 g/mol. The second-order valence-electron chi connectivity index (χ2n) is 17.3. The number of aromatic nitrogens is 6. The van der Waals surface area contributed by atoms with Crippen LogP contribution in [0.1, 0.15) is 129 Å². The second-order valence-corrected chi connectivity index (χ2v) is 18.2. The van der Waals surface area contributed by atoms with Gasteiger partial charge in [-0.1, -0.05) is 69.7 Å². The zero-order valence-electron chi connectivity index (χ0n) is 35.6. The minimum Gasteiger partial charge on any atom is -0.335 e. The van der Waals surface area contributed by atoms with Gasteiger partial charge in [-0.15, -0.1) is 0 Å². The van der Waals surface area contributed by atoms with Crippen LogP contribution >= 0.6 is 23.2 Å². The fourth-order valence-corrected chi connectivity index (χ4v) is 10.6. The van der Waals surface area contributed by atoms with Crippen LogP contribution in [-0.2, 0) is 13.1 Å². The predicted octanol–water partition coefficient (Wildman–Crippen LogP) is 12.9. The molecule has 0 radical (unpaired) electrons. The summed E-state index contributed by atoms with van der Waals surface area (Å²) in [5, 5.41) is 5.10. The maximum atomic E-state index is 6.52. The van der Waals surface area contributed by atoms with Gasteiger partial charge >= 0.3 is 0 Å². The van der Waals surface area contributed by atoms with Gasteiger partial charge in [-0.2, -0.15) is 0 Å². The van der Waals surface area contributed by atoms with Crippen molar-refractivity contribution in [1.29, 1.82) is 0 Å². The number of allylic oxidation sites excluding steroid dienone is 2. The molecule has 338 valence electrons. The zero-order valence-corrected chi connectivity index (χ0v) is 37.1. The Morgan fingerprint density at radius 3 is 1.48 bits per heavy atom. The molecule has 2 atom stereocenters. The minimum atomic E-state index is 0. The van der Waals surface area contributed by atoms with Gasteiger partial charge in [-0.3, -0.25) is 9.97 Å². The molecule has 0 bridgehead atoms. The van der Waals surface area contributed by atoms with Gasteiger partial charge in [0.2, 0.25) is 0 Å². The number of pyridine rings is 2. The summed E-state index contributed by atoms with van der Waals surface area (Å²) in [6.07, 6.45) is 23.0. The maximum Gasteiger partial charge on any atom is 0.105 e. The van der Waals surface area contributed by atoms with Crippen molar-refractivity contribution in [3.8, 4) is 0 Å². The van der Waals surface area contributed by atoms with E-state index in [2.05, 4.69) is 123 Å². The zero-order chi connectivity index (χ0) is 41.9. The number of aryl methyl sites for hydroxylation is 4. The predicted molar refractivity (Wildman–Crippen MR) is 270 cm³/mol. The van der Waals surface area contributed by atoms with E-state index in [-0.39, 0.29) is 22.3 Å². The Morgan fingerprint density at radius 2 is 1.05 bits per heavy atom. The van der Waals surface area contributed by atoms with Crippen molar-refractivity contribution in [1.82, 2.24) is 39.3 Å². The molecule has 10 rings (SSSR count). The van der Waals surface area contributed by atoms with Gasteiger partial charge in [0, 0.05) is 72.2 Å². The van der Waals surface area contributed by atoms with E-state index >= 15 is 0 Å². The third-order valence-corrected chi connectivity index (χ3v) is 14.0. The standard InChI is InChI=1S/C26H29ClN4.C25H27ClN4.3CH4/c1-18-28-11-15-31(18)14-9-20-16-21-4-3-10-29-26(21)25(19-7-12-30(2)13-8-19)23-6-5-22(27)17-24(20)23;1-17-28-12-14-30(17)13-8-19-15-20-3-2-9-29-25(20)24(18-6-10-27-11-7-18)22-5-4-21(26)16-23(19)22;;;/h3-6,10-11,15-17,19,25H,7-9,12-14H2,1-2H3;2-5,9,12,14-16,18,24,27H,6-8,10-11,13H2,1H3;3*1H4. The van der Waals surface area contributed by atoms with Gasteiger partial charge in [-0.25, -0.2) is 9.97 Å². The number of hydrogen-bond donors (Lipinski definition) is 1. The average Bonchev–Trinajstić information content (AvgIpc) is 3.82. The maximum absolute atomic E-state index is 6.52. The number of hydrogen-bond acceptors (Lipinski definition) is 6. The lowest BCUT2D eigenvalue weighted by molar-refractivity contribution is 0.206. The van der Waals surface area contributed by atoms with Gasteiger partial charge in [0.15, 0.2) is 0 Å². The first kappa shape index (κ1) is 48.6. The highest BCUT2D eigenvalue weighted by molar-refractivity contribution is 6.31. The number of rotatable bonds is 8. The summed E-state index contributed by atoms with van der Waals surface area (Å²) in [4.78, 5) is 21.0. The number of halogens is 2. The second kappa shape index (κ2) is 21.9. The molecule has 10 heteroatoms. The fourth-order valence-electron chi connectivity index (χ4n) is 10.3. The van der Waals surface area contributed by atoms with Crippen molar-refractivity contribution in [3.05, 3.63) is 164 Å². The van der Waals surface area contributed by atoms with Crippen molar-refractivity contribution in [2.75, 3.05) is 33.2 Å². The molecule has 4 aromatic heterocycles. The summed E-state index contributed by atoms with van der Waals surface area (Å²) in [5.74, 6) is 3.88. The quantitative estimate of drug-likeness (QED) is 0.164. The highest BCUT2D eigenvalue weighted by atomic mass is 35.5. The molecular weight excluding hydrogens is 832 g/mol. The number of likely N-dealkylation sites (tertiary alicyclic amines) is 1. The summed E-state index contributed by atoms with van der Waals surface area (Å²) in [6, 6.07) is 21.4. The van der Waals surface area contributed by atoms with Crippen LogP contribution in [0.5, 0.6) is 0 Å². The van der Waals surface area contributed by atoms with E-state index in [0.717, 1.165) is 73.8 Å². The molecule has 4 aliphatic rings. The molecule has 2 saturated heterocycles. The topological polar surface area (TPSA) is 76.7 Å². The third kappa shape index (κ3) is 10.5. The largest absolute Gasteiger partial charge is 0.335 e. The summed E-state index contributed by atoms with van der Waals surface area (Å²) < 4.78 is 4.43. The van der Waals surface area contributed by atoms with E-state index in [4.69, 9.17) is 33.2 Å². The molecule has 2 aliphatic heterocycles. The van der Waals surface area contributed by atoms with Crippen molar-refractivity contribution in [3.63, 3.8) is 0 Å². The van der Waals surface area contributed by atoms with Crippen LogP contribution in [0.2, 0.25) is 10.0 Å². The summed E-state index contributed by atoms with van der Waals surface area (Å²) >= 11 is 13.0. The van der Waals surface area contributed by atoms with Crippen LogP contribution in [0.25, 0.3) is 23.3 Å². The molecule has 6 heterocycles. The molecule has 2 fully saturated rings. The number of nitrogens with one attached hydrogen (secondary N) is 1. The molecule has 2 aromatic carbocycles. The smallest absolute Gasteiger partial charge is 0.105 e. The van der Waals surface area contributed by atoms with E-state index in [9.17, 15) is 0 Å². The summed E-state index contributed by atoms with van der Waals surface area (Å²) in [5.41, 5.74) is 12.9. The Morgan fingerprint density at radius 1 is 0.594 bits per heavy atom. The lowest BCUT2D eigenvalue weighted by Gasteiger charge is -2.35. The van der Waals surface area contributed by atoms with Gasteiger partial charge < -0.3 is 19.4 Å². The number of piperidine rings is 2. The van der Waals surface area contributed by atoms with E-state index in [1.165, 1.54) is 81.6 Å². The Kier molecular flexibility index (Phi) is 16.6. The Labute approximate surface area is 392 Å². The van der Waals surface area contributed by atoms with Crippen molar-refractivity contribution >= 4 is 46.5 Å². The molecule has 2 unspecified atom stereocenters. The first-order valence-corrected chi connectivity index (χ1v) is 22.8. The van der Waals surface area contributed by atoms with E-state index in [0.29, 0.717) is 23.7 Å². The number of fused-ring (bicyclic) bond motifs is 4. The molecular formula is C54H68Cl2N8. The monoisotopic (exact) mass is 898 g/mol. The van der Waals surface area contributed by atoms with Crippen LogP contribution in [-0.4, -0.2) is 67.2 Å². The lowest BCUT2D eigenvalue weighted by Crippen LogP contribution is -2.33. The summed E-state index contributed by atoms with van der Waals surface area (Å²) in [7, 11) is 2.22. The third-order valence-electron chi connectivity index (χ3n) is 13.6.